The number of amides is 3. The molecule has 0 radical (unpaired) electrons. The number of hydrogen-bond acceptors (Lipinski definition) is 4. The summed E-state index contributed by atoms with van der Waals surface area (Å²) in [7, 11) is 0. The van der Waals surface area contributed by atoms with Crippen LogP contribution in [0.1, 0.15) is 97.4 Å². The molecule has 0 aliphatic rings. The molecule has 0 spiro atoms. The molecule has 7 nitrogen and oxygen atoms in total. The van der Waals surface area contributed by atoms with E-state index in [4.69, 9.17) is 4.74 Å². The van der Waals surface area contributed by atoms with Gasteiger partial charge in [-0.05, 0) is 95.4 Å². The molecule has 2 rings (SSSR count). The minimum atomic E-state index is -0.902. The van der Waals surface area contributed by atoms with Crippen molar-refractivity contribution in [3.05, 3.63) is 65.2 Å². The van der Waals surface area contributed by atoms with Crippen LogP contribution in [0.2, 0.25) is 0 Å². The summed E-state index contributed by atoms with van der Waals surface area (Å²) in [5, 5.41) is 5.94. The van der Waals surface area contributed by atoms with Crippen LogP contribution in [0, 0.1) is 25.7 Å². The van der Waals surface area contributed by atoms with Gasteiger partial charge in [0.1, 0.15) is 17.7 Å². The molecule has 3 unspecified atom stereocenters. The SMILES string of the molecule is Cc1ccccc1NC(=O)C(c1ccccc1C)N(C(=O)C(CC(C)C)NC(=O)OC(C)(C)C)C(C)CCC(C)C. The van der Waals surface area contributed by atoms with Crippen LogP contribution >= 0.6 is 0 Å². The first-order valence-corrected chi connectivity index (χ1v) is 14.8. The molecule has 0 heterocycles. The fraction of sp³-hybridized carbons (Fsp3) is 0.559. The molecule has 2 aromatic carbocycles. The minimum Gasteiger partial charge on any atom is -0.444 e. The van der Waals surface area contributed by atoms with Gasteiger partial charge in [-0.2, -0.15) is 0 Å². The summed E-state index contributed by atoms with van der Waals surface area (Å²) in [6.45, 7) is 19.6. The molecule has 3 amide bonds. The molecule has 0 fully saturated rings. The van der Waals surface area contributed by atoms with E-state index in [1.54, 1.807) is 25.7 Å². The fourth-order valence-electron chi connectivity index (χ4n) is 4.86. The van der Waals surface area contributed by atoms with Gasteiger partial charge in [-0.15, -0.1) is 0 Å². The van der Waals surface area contributed by atoms with Crippen LogP contribution in [0.25, 0.3) is 0 Å². The number of carbonyl (C=O) groups excluding carboxylic acids is 3. The molecule has 0 bridgehead atoms. The number of hydrogen-bond donors (Lipinski definition) is 2. The van der Waals surface area contributed by atoms with Crippen molar-refractivity contribution in [1.82, 2.24) is 10.2 Å². The molecule has 0 aliphatic heterocycles. The Labute approximate surface area is 247 Å². The lowest BCUT2D eigenvalue weighted by Crippen LogP contribution is -2.55. The Morgan fingerprint density at radius 2 is 1.41 bits per heavy atom. The second-order valence-electron chi connectivity index (χ2n) is 13.0. The monoisotopic (exact) mass is 565 g/mol. The second kappa shape index (κ2) is 15.0. The van der Waals surface area contributed by atoms with Gasteiger partial charge in [0.25, 0.3) is 5.91 Å². The average molecular weight is 566 g/mol. The molecular formula is C34H51N3O4. The van der Waals surface area contributed by atoms with E-state index in [0.717, 1.165) is 23.1 Å². The van der Waals surface area contributed by atoms with E-state index < -0.39 is 23.8 Å². The third-order valence-electron chi connectivity index (χ3n) is 7.00. The van der Waals surface area contributed by atoms with Gasteiger partial charge >= 0.3 is 6.09 Å². The topological polar surface area (TPSA) is 87.7 Å². The number of rotatable bonds is 12. The van der Waals surface area contributed by atoms with Crippen LogP contribution < -0.4 is 10.6 Å². The molecule has 0 saturated heterocycles. The Bertz CT molecular complexity index is 1170. The number of aryl methyl sites for hydroxylation is 2. The van der Waals surface area contributed by atoms with Crippen molar-refractivity contribution in [2.45, 2.75) is 112 Å². The van der Waals surface area contributed by atoms with Crippen LogP contribution in [-0.4, -0.2) is 40.5 Å². The van der Waals surface area contributed by atoms with Crippen molar-refractivity contribution in [3.63, 3.8) is 0 Å². The van der Waals surface area contributed by atoms with Crippen molar-refractivity contribution in [1.29, 1.82) is 0 Å². The first-order valence-electron chi connectivity index (χ1n) is 14.8. The number of nitrogens with zero attached hydrogens (tertiary/aromatic N) is 1. The van der Waals surface area contributed by atoms with Gasteiger partial charge in [-0.3, -0.25) is 9.59 Å². The van der Waals surface area contributed by atoms with Crippen LogP contribution in [0.3, 0.4) is 0 Å². The first kappa shape index (κ1) is 33.9. The summed E-state index contributed by atoms with van der Waals surface area (Å²) in [5.41, 5.74) is 2.58. The van der Waals surface area contributed by atoms with Crippen molar-refractivity contribution in [3.8, 4) is 0 Å². The zero-order valence-electron chi connectivity index (χ0n) is 26.7. The zero-order valence-corrected chi connectivity index (χ0v) is 26.7. The molecular weight excluding hydrogens is 514 g/mol. The van der Waals surface area contributed by atoms with Gasteiger partial charge in [0.15, 0.2) is 0 Å². The molecule has 2 aromatic rings. The zero-order chi connectivity index (χ0) is 30.9. The van der Waals surface area contributed by atoms with E-state index in [9.17, 15) is 14.4 Å². The Kier molecular flexibility index (Phi) is 12.4. The number of para-hydroxylation sites is 1. The van der Waals surface area contributed by atoms with E-state index in [-0.39, 0.29) is 23.8 Å². The number of carbonyl (C=O) groups is 3. The minimum absolute atomic E-state index is 0.115. The van der Waals surface area contributed by atoms with Crippen molar-refractivity contribution < 1.29 is 19.1 Å². The fourth-order valence-corrected chi connectivity index (χ4v) is 4.86. The maximum atomic E-state index is 14.6. The standard InChI is InChI=1S/C34H51N3O4/c1-22(2)19-20-26(7)37(32(39)29(21-23(3)4)36-33(40)41-34(8,9)10)30(27-17-13-11-15-24(27)5)31(38)35-28-18-14-12-16-25(28)6/h11-18,22-23,26,29-30H,19-21H2,1-10H3,(H,35,38)(H,36,40). The molecule has 41 heavy (non-hydrogen) atoms. The number of nitrogens with one attached hydrogen (secondary N) is 2. The molecule has 7 heteroatoms. The van der Waals surface area contributed by atoms with E-state index in [2.05, 4.69) is 24.5 Å². The van der Waals surface area contributed by atoms with Gasteiger partial charge in [0.05, 0.1) is 0 Å². The summed E-state index contributed by atoms with van der Waals surface area (Å²) < 4.78 is 5.52. The predicted octanol–water partition coefficient (Wildman–Crippen LogP) is 7.58. The van der Waals surface area contributed by atoms with E-state index in [0.29, 0.717) is 24.4 Å². The lowest BCUT2D eigenvalue weighted by molar-refractivity contribution is -0.144. The maximum absolute atomic E-state index is 14.6. The molecule has 0 aliphatic carbocycles. The smallest absolute Gasteiger partial charge is 0.408 e. The highest BCUT2D eigenvalue weighted by Crippen LogP contribution is 2.31. The number of alkyl carbamates (subject to hydrolysis) is 1. The Balaban J connectivity index is 2.65. The molecule has 0 aromatic heterocycles. The van der Waals surface area contributed by atoms with Crippen molar-refractivity contribution in [2.24, 2.45) is 11.8 Å². The molecule has 0 saturated carbocycles. The van der Waals surface area contributed by atoms with Gasteiger partial charge in [0.2, 0.25) is 5.91 Å². The molecule has 2 N–H and O–H groups in total. The largest absolute Gasteiger partial charge is 0.444 e. The van der Waals surface area contributed by atoms with E-state index in [1.165, 1.54) is 0 Å². The van der Waals surface area contributed by atoms with Crippen LogP contribution in [0.4, 0.5) is 10.5 Å². The Morgan fingerprint density at radius 1 is 0.829 bits per heavy atom. The summed E-state index contributed by atoms with van der Waals surface area (Å²) in [6.07, 6.45) is 1.36. The molecule has 3 atom stereocenters. The summed E-state index contributed by atoms with van der Waals surface area (Å²) in [5.74, 6) is -0.0456. The summed E-state index contributed by atoms with van der Waals surface area (Å²) >= 11 is 0. The summed E-state index contributed by atoms with van der Waals surface area (Å²) in [6, 6.07) is 13.3. The van der Waals surface area contributed by atoms with E-state index >= 15 is 0 Å². The van der Waals surface area contributed by atoms with Crippen LogP contribution in [0.5, 0.6) is 0 Å². The van der Waals surface area contributed by atoms with Gasteiger partial charge in [-0.1, -0.05) is 70.2 Å². The van der Waals surface area contributed by atoms with Gasteiger partial charge in [0, 0.05) is 11.7 Å². The average Bonchev–Trinajstić information content (AvgIpc) is 2.85. The Hall–Kier alpha value is -3.35. The summed E-state index contributed by atoms with van der Waals surface area (Å²) in [4.78, 5) is 43.4. The quantitative estimate of drug-likeness (QED) is 0.278. The highest BCUT2D eigenvalue weighted by Gasteiger charge is 2.39. The second-order valence-corrected chi connectivity index (χ2v) is 13.0. The highest BCUT2D eigenvalue weighted by atomic mass is 16.6. The van der Waals surface area contributed by atoms with Crippen molar-refractivity contribution in [2.75, 3.05) is 5.32 Å². The predicted molar refractivity (Wildman–Crippen MR) is 167 cm³/mol. The number of anilines is 1. The maximum Gasteiger partial charge on any atom is 0.408 e. The number of benzene rings is 2. The van der Waals surface area contributed by atoms with E-state index in [1.807, 2.05) is 83.1 Å². The third kappa shape index (κ3) is 10.5. The number of ether oxygens (including phenoxy) is 1. The lowest BCUT2D eigenvalue weighted by Gasteiger charge is -2.39. The van der Waals surface area contributed by atoms with Crippen LogP contribution in [0.15, 0.2) is 48.5 Å². The third-order valence-corrected chi connectivity index (χ3v) is 7.00. The highest BCUT2D eigenvalue weighted by molar-refractivity contribution is 5.99. The van der Waals surface area contributed by atoms with Crippen LogP contribution in [-0.2, 0) is 14.3 Å². The first-order chi connectivity index (χ1) is 19.1. The normalized spacial score (nSPS) is 13.9. The van der Waals surface area contributed by atoms with Crippen molar-refractivity contribution >= 4 is 23.6 Å². The van der Waals surface area contributed by atoms with Gasteiger partial charge < -0.3 is 20.3 Å². The Morgan fingerprint density at radius 3 is 1.95 bits per heavy atom. The van der Waals surface area contributed by atoms with Gasteiger partial charge in [-0.25, -0.2) is 4.79 Å². The lowest BCUT2D eigenvalue weighted by atomic mass is 9.93. The molecule has 226 valence electrons.